The lowest BCUT2D eigenvalue weighted by Crippen LogP contribution is -2.36. The van der Waals surface area contributed by atoms with Crippen molar-refractivity contribution in [3.8, 4) is 11.1 Å². The number of fused-ring (bicyclic) bond motifs is 2. The number of para-hydroxylation sites is 2. The molecule has 9 nitrogen and oxygen atoms in total. The van der Waals surface area contributed by atoms with Crippen LogP contribution in [0.3, 0.4) is 0 Å². The predicted octanol–water partition coefficient (Wildman–Crippen LogP) is 7.08. The molecule has 0 aliphatic heterocycles. The standard InChI is InChI=1S/C34H29N3O6S/c1-22(19-26-21-37(34(39)40)30-9-5-4-8-29(26)30)36(2)44(41,42)28-17-13-24(14-18-28)23-11-15-27(16-12-23)35-33(38)32-20-25-7-3-6-10-31(25)43-32/h3-18,20-22H,19H2,1-2H3,(H,35,38)(H,39,40)/t22-/m1/s1. The Morgan fingerprint density at radius 1 is 0.909 bits per heavy atom. The van der Waals surface area contributed by atoms with E-state index >= 15 is 0 Å². The molecule has 0 aliphatic carbocycles. The highest BCUT2D eigenvalue weighted by Gasteiger charge is 2.27. The zero-order valence-corrected chi connectivity index (χ0v) is 24.8. The molecule has 0 radical (unpaired) electrons. The van der Waals surface area contributed by atoms with Crippen LogP contribution in [-0.2, 0) is 16.4 Å². The van der Waals surface area contributed by atoms with Crippen molar-refractivity contribution in [2.45, 2.75) is 24.3 Å². The summed E-state index contributed by atoms with van der Waals surface area (Å²) in [6.07, 6.45) is 0.797. The SMILES string of the molecule is C[C@H](Cc1cn(C(=O)O)c2ccccc12)N(C)S(=O)(=O)c1ccc(-c2ccc(NC(=O)c3cc4ccccc4o3)cc2)cc1. The number of nitrogens with zero attached hydrogens (tertiary/aromatic N) is 2. The second-order valence-electron chi connectivity index (χ2n) is 10.6. The summed E-state index contributed by atoms with van der Waals surface area (Å²) in [6, 6.07) is 29.7. The van der Waals surface area contributed by atoms with Gasteiger partial charge >= 0.3 is 6.09 Å². The summed E-state index contributed by atoms with van der Waals surface area (Å²) in [5, 5.41) is 14.0. The van der Waals surface area contributed by atoms with Gasteiger partial charge < -0.3 is 14.8 Å². The predicted molar refractivity (Wildman–Crippen MR) is 170 cm³/mol. The quantitative estimate of drug-likeness (QED) is 0.191. The third-order valence-electron chi connectivity index (χ3n) is 7.79. The van der Waals surface area contributed by atoms with E-state index in [9.17, 15) is 23.1 Å². The summed E-state index contributed by atoms with van der Waals surface area (Å²) in [6.45, 7) is 1.80. The van der Waals surface area contributed by atoms with Crippen molar-refractivity contribution < 1.29 is 27.5 Å². The Hall–Kier alpha value is -5.19. The normalized spacial score (nSPS) is 12.5. The molecule has 1 atom stereocenters. The Labute approximate surface area is 254 Å². The molecule has 2 heterocycles. The highest BCUT2D eigenvalue weighted by atomic mass is 32.2. The monoisotopic (exact) mass is 607 g/mol. The van der Waals surface area contributed by atoms with Crippen LogP contribution in [-0.4, -0.2) is 47.5 Å². The van der Waals surface area contributed by atoms with Gasteiger partial charge in [-0.2, -0.15) is 4.31 Å². The van der Waals surface area contributed by atoms with Gasteiger partial charge in [0.1, 0.15) is 5.58 Å². The molecule has 0 saturated carbocycles. The molecule has 10 heteroatoms. The number of carboxylic acid groups (broad SMARTS) is 1. The third-order valence-corrected chi connectivity index (χ3v) is 9.78. The average Bonchev–Trinajstić information content (AvgIpc) is 3.63. The van der Waals surface area contributed by atoms with Gasteiger partial charge in [0.05, 0.1) is 10.4 Å². The lowest BCUT2D eigenvalue weighted by molar-refractivity contribution is 0.0998. The number of likely N-dealkylation sites (N-methyl/N-ethyl adjacent to an activating group) is 1. The number of hydrogen-bond donors (Lipinski definition) is 2. The van der Waals surface area contributed by atoms with Crippen LogP contribution < -0.4 is 5.32 Å². The molecule has 2 aromatic heterocycles. The van der Waals surface area contributed by atoms with Gasteiger partial charge in [0.2, 0.25) is 10.0 Å². The topological polar surface area (TPSA) is 122 Å². The number of amides is 1. The number of anilines is 1. The summed E-state index contributed by atoms with van der Waals surface area (Å²) in [4.78, 5) is 24.5. The molecule has 0 saturated heterocycles. The van der Waals surface area contributed by atoms with E-state index in [-0.39, 0.29) is 16.6 Å². The second kappa shape index (κ2) is 11.5. The van der Waals surface area contributed by atoms with Crippen molar-refractivity contribution in [1.82, 2.24) is 8.87 Å². The number of aromatic nitrogens is 1. The Balaban J connectivity index is 1.13. The summed E-state index contributed by atoms with van der Waals surface area (Å²) in [5.41, 5.74) is 4.22. The van der Waals surface area contributed by atoms with Gasteiger partial charge in [0, 0.05) is 35.7 Å². The summed E-state index contributed by atoms with van der Waals surface area (Å²) < 4.78 is 35.1. The molecule has 6 aromatic rings. The van der Waals surface area contributed by atoms with Crippen molar-refractivity contribution in [2.24, 2.45) is 0 Å². The van der Waals surface area contributed by atoms with E-state index in [1.165, 1.54) is 11.4 Å². The lowest BCUT2D eigenvalue weighted by Gasteiger charge is -2.24. The van der Waals surface area contributed by atoms with Crippen LogP contribution in [0.2, 0.25) is 0 Å². The number of furan rings is 1. The van der Waals surface area contributed by atoms with Gasteiger partial charge in [0.25, 0.3) is 5.91 Å². The maximum Gasteiger partial charge on any atom is 0.416 e. The van der Waals surface area contributed by atoms with Crippen LogP contribution in [0.4, 0.5) is 10.5 Å². The maximum absolute atomic E-state index is 13.5. The summed E-state index contributed by atoms with van der Waals surface area (Å²) in [5.74, 6) is -0.132. The van der Waals surface area contributed by atoms with Gasteiger partial charge in [-0.05, 0) is 72.5 Å². The summed E-state index contributed by atoms with van der Waals surface area (Å²) >= 11 is 0. The van der Waals surface area contributed by atoms with Crippen LogP contribution in [0.15, 0.2) is 119 Å². The fourth-order valence-corrected chi connectivity index (χ4v) is 6.63. The molecule has 0 unspecified atom stereocenters. The molecule has 0 spiro atoms. The fourth-order valence-electron chi connectivity index (χ4n) is 5.27. The Bertz CT molecular complexity index is 2080. The van der Waals surface area contributed by atoms with E-state index in [4.69, 9.17) is 4.42 Å². The van der Waals surface area contributed by atoms with E-state index in [2.05, 4.69) is 5.32 Å². The van der Waals surface area contributed by atoms with Crippen LogP contribution in [0.1, 0.15) is 23.0 Å². The van der Waals surface area contributed by atoms with E-state index in [1.807, 2.05) is 42.5 Å². The number of carbonyl (C=O) groups excluding carboxylic acids is 1. The Kier molecular flexibility index (Phi) is 7.54. The first-order valence-corrected chi connectivity index (χ1v) is 15.4. The molecule has 4 aromatic carbocycles. The van der Waals surface area contributed by atoms with Gasteiger partial charge in [-0.25, -0.2) is 13.2 Å². The molecule has 2 N–H and O–H groups in total. The van der Waals surface area contributed by atoms with E-state index in [1.54, 1.807) is 73.8 Å². The first-order valence-electron chi connectivity index (χ1n) is 13.9. The van der Waals surface area contributed by atoms with Crippen LogP contribution >= 0.6 is 0 Å². The molecular weight excluding hydrogens is 578 g/mol. The number of rotatable bonds is 8. The first kappa shape index (κ1) is 28.9. The van der Waals surface area contributed by atoms with Gasteiger partial charge in [0.15, 0.2) is 5.76 Å². The molecular formula is C34H29N3O6S. The molecule has 0 bridgehead atoms. The zero-order chi connectivity index (χ0) is 31.0. The average molecular weight is 608 g/mol. The fraction of sp³-hybridized carbons (Fsp3) is 0.118. The molecule has 6 rings (SSSR count). The van der Waals surface area contributed by atoms with E-state index in [0.717, 1.165) is 32.0 Å². The van der Waals surface area contributed by atoms with Crippen molar-refractivity contribution in [1.29, 1.82) is 0 Å². The smallest absolute Gasteiger partial charge is 0.416 e. The highest BCUT2D eigenvalue weighted by Crippen LogP contribution is 2.28. The van der Waals surface area contributed by atoms with E-state index < -0.39 is 22.2 Å². The number of hydrogen-bond acceptors (Lipinski definition) is 5. The summed E-state index contributed by atoms with van der Waals surface area (Å²) in [7, 11) is -2.29. The molecule has 0 aliphatic rings. The number of sulfonamides is 1. The van der Waals surface area contributed by atoms with Crippen molar-refractivity contribution in [3.63, 3.8) is 0 Å². The van der Waals surface area contributed by atoms with Crippen LogP contribution in [0, 0.1) is 0 Å². The number of carbonyl (C=O) groups is 2. The van der Waals surface area contributed by atoms with Crippen molar-refractivity contribution >= 4 is 49.6 Å². The molecule has 44 heavy (non-hydrogen) atoms. The minimum absolute atomic E-state index is 0.151. The first-order chi connectivity index (χ1) is 21.1. The van der Waals surface area contributed by atoms with Gasteiger partial charge in [-0.3, -0.25) is 9.36 Å². The highest BCUT2D eigenvalue weighted by molar-refractivity contribution is 7.89. The number of nitrogens with one attached hydrogen (secondary N) is 1. The number of benzene rings is 4. The minimum atomic E-state index is -3.82. The van der Waals surface area contributed by atoms with Crippen LogP contribution in [0.5, 0.6) is 0 Å². The third kappa shape index (κ3) is 5.48. The zero-order valence-electron chi connectivity index (χ0n) is 24.0. The lowest BCUT2D eigenvalue weighted by atomic mass is 10.1. The van der Waals surface area contributed by atoms with Gasteiger partial charge in [-0.1, -0.05) is 60.7 Å². The second-order valence-corrected chi connectivity index (χ2v) is 12.6. The largest absolute Gasteiger partial charge is 0.464 e. The van der Waals surface area contributed by atoms with Gasteiger partial charge in [-0.15, -0.1) is 0 Å². The molecule has 0 fully saturated rings. The van der Waals surface area contributed by atoms with E-state index in [0.29, 0.717) is 23.2 Å². The van der Waals surface area contributed by atoms with Crippen molar-refractivity contribution in [2.75, 3.05) is 12.4 Å². The Morgan fingerprint density at radius 3 is 2.23 bits per heavy atom. The van der Waals surface area contributed by atoms with Crippen LogP contribution in [0.25, 0.3) is 33.0 Å². The minimum Gasteiger partial charge on any atom is -0.464 e. The molecule has 1 amide bonds. The maximum atomic E-state index is 13.5. The molecule has 222 valence electrons. The van der Waals surface area contributed by atoms with Crippen molar-refractivity contribution in [3.05, 3.63) is 121 Å². The Morgan fingerprint density at radius 2 is 1.55 bits per heavy atom.